The zero-order valence-corrected chi connectivity index (χ0v) is 7.75. The molecule has 0 saturated heterocycles. The topological polar surface area (TPSA) is 43.6 Å². The van der Waals surface area contributed by atoms with Crippen molar-refractivity contribution in [2.24, 2.45) is 0 Å². The second-order valence-electron chi connectivity index (χ2n) is 2.06. The van der Waals surface area contributed by atoms with Crippen molar-refractivity contribution in [1.82, 2.24) is 19.5 Å². The van der Waals surface area contributed by atoms with Gasteiger partial charge in [0.25, 0.3) is 0 Å². The van der Waals surface area contributed by atoms with Crippen LogP contribution in [-0.4, -0.2) is 19.5 Å². The van der Waals surface area contributed by atoms with Crippen LogP contribution in [0, 0.1) is 6.85 Å². The molecule has 0 atom stereocenters. The predicted octanol–water partition coefficient (Wildman–Crippen LogP) is 1.73. The zero-order valence-electron chi connectivity index (χ0n) is 13.2. The van der Waals surface area contributed by atoms with E-state index < -0.39 is 37.2 Å². The molecule has 0 aliphatic rings. The maximum absolute atomic E-state index is 7.80. The van der Waals surface area contributed by atoms with Crippen molar-refractivity contribution in [1.29, 1.82) is 0 Å². The van der Waals surface area contributed by atoms with Crippen LogP contribution in [0.1, 0.15) is 15.3 Å². The molecule has 0 radical (unpaired) electrons. The van der Waals surface area contributed by atoms with Crippen LogP contribution in [0.4, 0.5) is 0 Å². The lowest BCUT2D eigenvalue weighted by Gasteiger charge is -1.98. The summed E-state index contributed by atoms with van der Waals surface area (Å²) in [7, 11) is 0. The molecule has 0 spiro atoms. The standard InChI is InChI=1S/C8H7BrN4/c1-6-4-13(5-11-6)7-2-3-10-8(9)12-7/h2-5H,1H3/i1D3,2D,3D,4D,5D. The fraction of sp³-hybridized carbons (Fsp3) is 0.125. The molecule has 0 saturated carbocycles. The largest absolute Gasteiger partial charge is 0.290 e. The number of aryl methyl sites for hydroxylation is 1. The van der Waals surface area contributed by atoms with E-state index in [0.29, 0.717) is 0 Å². The average molecular weight is 246 g/mol. The van der Waals surface area contributed by atoms with E-state index in [1.165, 1.54) is 0 Å². The second-order valence-corrected chi connectivity index (χ2v) is 2.77. The summed E-state index contributed by atoms with van der Waals surface area (Å²) < 4.78 is 53.2. The molecule has 0 aromatic carbocycles. The normalized spacial score (nSPS) is 19.0. The van der Waals surface area contributed by atoms with E-state index in [4.69, 9.17) is 9.60 Å². The SMILES string of the molecule is [2H]c1nc(Br)nc(-n2c([2H])nc(C([2H])([2H])[2H])c2[2H])c1[2H]. The highest BCUT2D eigenvalue weighted by molar-refractivity contribution is 9.10. The summed E-state index contributed by atoms with van der Waals surface area (Å²) in [4.78, 5) is 10.9. The predicted molar refractivity (Wildman–Crippen MR) is 51.6 cm³/mol. The Morgan fingerprint density at radius 1 is 1.62 bits per heavy atom. The van der Waals surface area contributed by atoms with Gasteiger partial charge in [-0.25, -0.2) is 15.0 Å². The number of imidazole rings is 1. The monoisotopic (exact) mass is 245 g/mol. The Morgan fingerprint density at radius 2 is 2.54 bits per heavy atom. The Bertz CT molecular complexity index is 680. The lowest BCUT2D eigenvalue weighted by Crippen LogP contribution is -1.95. The van der Waals surface area contributed by atoms with E-state index in [9.17, 15) is 0 Å². The van der Waals surface area contributed by atoms with Gasteiger partial charge in [-0.05, 0) is 28.8 Å². The highest BCUT2D eigenvalue weighted by atomic mass is 79.9. The maximum Gasteiger partial charge on any atom is 0.198 e. The second kappa shape index (κ2) is 3.26. The molecule has 66 valence electrons. The van der Waals surface area contributed by atoms with E-state index >= 15 is 0 Å². The number of rotatable bonds is 1. The van der Waals surface area contributed by atoms with Gasteiger partial charge in [-0.3, -0.25) is 4.57 Å². The summed E-state index contributed by atoms with van der Waals surface area (Å²) in [6, 6.07) is -0.426. The Kier molecular flexibility index (Phi) is 0.875. The van der Waals surface area contributed by atoms with Crippen LogP contribution in [0.2, 0.25) is 0 Å². The molecule has 0 aliphatic heterocycles. The van der Waals surface area contributed by atoms with Gasteiger partial charge in [-0.15, -0.1) is 0 Å². The highest BCUT2D eigenvalue weighted by Gasteiger charge is 1.99. The smallest absolute Gasteiger partial charge is 0.198 e. The molecule has 2 aromatic rings. The van der Waals surface area contributed by atoms with Gasteiger partial charge in [0, 0.05) is 16.5 Å². The van der Waals surface area contributed by atoms with E-state index in [1.807, 2.05) is 0 Å². The molecule has 0 fully saturated rings. The van der Waals surface area contributed by atoms with Crippen molar-refractivity contribution in [3.63, 3.8) is 0 Å². The molecular formula is C8H7BrN4. The van der Waals surface area contributed by atoms with Crippen molar-refractivity contribution in [3.05, 3.63) is 35.1 Å². The number of nitrogens with zero attached hydrogens (tertiary/aromatic N) is 4. The number of hydrogen-bond donors (Lipinski definition) is 0. The van der Waals surface area contributed by atoms with Gasteiger partial charge in [0.15, 0.2) is 4.73 Å². The summed E-state index contributed by atoms with van der Waals surface area (Å²) >= 11 is 2.95. The number of halogens is 1. The first-order chi connectivity index (χ1) is 9.12. The summed E-state index contributed by atoms with van der Waals surface area (Å²) in [6.45, 7) is -2.64. The maximum atomic E-state index is 7.80. The molecule has 13 heavy (non-hydrogen) atoms. The van der Waals surface area contributed by atoms with Crippen LogP contribution in [0.3, 0.4) is 0 Å². The molecule has 2 aromatic heterocycles. The minimum Gasteiger partial charge on any atom is -0.290 e. The first-order valence-corrected chi connectivity index (χ1v) is 3.99. The Morgan fingerprint density at radius 3 is 3.31 bits per heavy atom. The molecule has 4 nitrogen and oxygen atoms in total. The third-order valence-electron chi connectivity index (χ3n) is 1.21. The van der Waals surface area contributed by atoms with E-state index in [0.717, 1.165) is 4.57 Å². The lowest BCUT2D eigenvalue weighted by atomic mass is 10.5. The van der Waals surface area contributed by atoms with Crippen LogP contribution in [0.15, 0.2) is 29.4 Å². The molecule has 0 N–H and O–H groups in total. The summed E-state index contributed by atoms with van der Waals surface area (Å²) in [5, 5.41) is 0. The van der Waals surface area contributed by atoms with Crippen LogP contribution < -0.4 is 0 Å². The fourth-order valence-electron chi connectivity index (χ4n) is 0.727. The molecule has 2 rings (SSSR count). The third-order valence-corrected chi connectivity index (χ3v) is 1.56. The third kappa shape index (κ3) is 1.75. The van der Waals surface area contributed by atoms with Gasteiger partial charge < -0.3 is 0 Å². The summed E-state index contributed by atoms with van der Waals surface area (Å²) in [5.41, 5.74) is -0.553. The van der Waals surface area contributed by atoms with E-state index in [2.05, 4.69) is 30.9 Å². The van der Waals surface area contributed by atoms with Crippen molar-refractivity contribution in [2.45, 2.75) is 6.85 Å². The Labute approximate surface area is 93.6 Å². The molecule has 0 unspecified atom stereocenters. The molecule has 0 bridgehead atoms. The number of aromatic nitrogens is 4. The van der Waals surface area contributed by atoms with Gasteiger partial charge in [0.2, 0.25) is 0 Å². The Balaban J connectivity index is 2.75. The first kappa shape index (κ1) is 3.49. The quantitative estimate of drug-likeness (QED) is 0.720. The van der Waals surface area contributed by atoms with E-state index in [1.54, 1.807) is 0 Å². The number of hydrogen-bond acceptors (Lipinski definition) is 3. The van der Waals surface area contributed by atoms with Crippen molar-refractivity contribution in [2.75, 3.05) is 0 Å². The first-order valence-electron chi connectivity index (χ1n) is 6.70. The molecule has 0 amide bonds. The van der Waals surface area contributed by atoms with Crippen LogP contribution >= 0.6 is 15.9 Å². The zero-order chi connectivity index (χ0) is 15.2. The van der Waals surface area contributed by atoms with Crippen molar-refractivity contribution in [3.8, 4) is 5.82 Å². The van der Waals surface area contributed by atoms with Crippen LogP contribution in [-0.2, 0) is 0 Å². The molecule has 0 aliphatic carbocycles. The van der Waals surface area contributed by atoms with Gasteiger partial charge >= 0.3 is 0 Å². The molecular weight excluding hydrogens is 232 g/mol. The van der Waals surface area contributed by atoms with Gasteiger partial charge in [-0.2, -0.15) is 0 Å². The fourth-order valence-corrected chi connectivity index (χ4v) is 0.983. The Hall–Kier alpha value is -1.23. The minimum atomic E-state index is -2.64. The highest BCUT2D eigenvalue weighted by Crippen LogP contribution is 2.07. The van der Waals surface area contributed by atoms with Gasteiger partial charge in [-0.1, -0.05) is 0 Å². The van der Waals surface area contributed by atoms with Crippen molar-refractivity contribution >= 4 is 15.9 Å². The van der Waals surface area contributed by atoms with Crippen LogP contribution in [0.25, 0.3) is 5.82 Å². The lowest BCUT2D eigenvalue weighted by molar-refractivity contribution is 0.953. The van der Waals surface area contributed by atoms with Gasteiger partial charge in [0.1, 0.15) is 13.5 Å². The molecule has 5 heteroatoms. The summed E-state index contributed by atoms with van der Waals surface area (Å²) in [5.74, 6) is -0.241. The average Bonchev–Trinajstić information content (AvgIpc) is 2.59. The summed E-state index contributed by atoms with van der Waals surface area (Å²) in [6.07, 6.45) is -1.52. The minimum absolute atomic E-state index is 0.00330. The van der Waals surface area contributed by atoms with Crippen LogP contribution in [0.5, 0.6) is 0 Å². The van der Waals surface area contributed by atoms with Crippen molar-refractivity contribution < 1.29 is 9.60 Å². The molecule has 2 heterocycles. The van der Waals surface area contributed by atoms with E-state index in [-0.39, 0.29) is 10.6 Å². The van der Waals surface area contributed by atoms with Gasteiger partial charge in [0.05, 0.1) is 9.81 Å².